The molecule has 0 aliphatic carbocycles. The Morgan fingerprint density at radius 1 is 1.43 bits per heavy atom. The van der Waals surface area contributed by atoms with E-state index in [4.69, 9.17) is 10.5 Å². The lowest BCUT2D eigenvalue weighted by Gasteiger charge is -1.73. The second-order valence-electron chi connectivity index (χ2n) is 0.894. The predicted octanol–water partition coefficient (Wildman–Crippen LogP) is 0.832. The standard InChI is InChI=1S/C5H4N2/c6-4-2-1-3-5-7/h1-2H,3H2. The first-order valence-electron chi connectivity index (χ1n) is 1.83. The second-order valence-corrected chi connectivity index (χ2v) is 0.894. The van der Waals surface area contributed by atoms with Gasteiger partial charge in [0.1, 0.15) is 0 Å². The van der Waals surface area contributed by atoms with Crippen LogP contribution in [0.5, 0.6) is 0 Å². The summed E-state index contributed by atoms with van der Waals surface area (Å²) in [6, 6.07) is 3.64. The lowest BCUT2D eigenvalue weighted by atomic mass is 10.3. The highest BCUT2D eigenvalue weighted by atomic mass is 14.2. The predicted molar refractivity (Wildman–Crippen MR) is 24.4 cm³/mol. The zero-order chi connectivity index (χ0) is 5.54. The third-order valence-corrected chi connectivity index (χ3v) is 0.402. The van der Waals surface area contributed by atoms with Crippen LogP contribution in [0.3, 0.4) is 0 Å². The minimum atomic E-state index is 0.327. The van der Waals surface area contributed by atoms with Gasteiger partial charge in [-0.1, -0.05) is 0 Å². The van der Waals surface area contributed by atoms with Gasteiger partial charge in [-0.15, -0.1) is 0 Å². The average Bonchev–Trinajstić information content (AvgIpc) is 1.69. The van der Waals surface area contributed by atoms with Crippen molar-refractivity contribution in [3.63, 3.8) is 0 Å². The van der Waals surface area contributed by atoms with Gasteiger partial charge in [-0.2, -0.15) is 10.5 Å². The van der Waals surface area contributed by atoms with Gasteiger partial charge in [-0.3, -0.25) is 0 Å². The third-order valence-electron chi connectivity index (χ3n) is 0.402. The van der Waals surface area contributed by atoms with Crippen molar-refractivity contribution in [1.82, 2.24) is 0 Å². The van der Waals surface area contributed by atoms with Crippen LogP contribution >= 0.6 is 0 Å². The molecule has 0 bridgehead atoms. The first-order valence-corrected chi connectivity index (χ1v) is 1.83. The minimum Gasteiger partial charge on any atom is -0.198 e. The molecule has 7 heavy (non-hydrogen) atoms. The van der Waals surface area contributed by atoms with E-state index in [0.717, 1.165) is 0 Å². The fourth-order valence-electron chi connectivity index (χ4n) is 0.164. The number of nitriles is 2. The molecule has 2 radical (unpaired) electrons. The quantitative estimate of drug-likeness (QED) is 0.473. The molecule has 0 saturated carbocycles. The fourth-order valence-corrected chi connectivity index (χ4v) is 0.164. The molecule has 0 atom stereocenters. The smallest absolute Gasteiger partial charge is 0.0673 e. The van der Waals surface area contributed by atoms with Crippen LogP contribution in [0.25, 0.3) is 0 Å². The molecule has 0 aromatic heterocycles. The number of nitrogens with zero attached hydrogens (tertiary/aromatic N) is 2. The minimum absolute atomic E-state index is 0.327. The van der Waals surface area contributed by atoms with E-state index in [1.165, 1.54) is 12.8 Å². The van der Waals surface area contributed by atoms with Gasteiger partial charge in [-0.05, 0) is 6.42 Å². The van der Waals surface area contributed by atoms with Crippen LogP contribution in [-0.2, 0) is 0 Å². The number of rotatable bonds is 2. The summed E-state index contributed by atoms with van der Waals surface area (Å²) in [4.78, 5) is 0. The zero-order valence-electron chi connectivity index (χ0n) is 3.76. The van der Waals surface area contributed by atoms with E-state index < -0.39 is 0 Å². The molecule has 2 nitrogen and oxygen atoms in total. The van der Waals surface area contributed by atoms with E-state index in [2.05, 4.69) is 0 Å². The Bertz CT molecular complexity index is 90.2. The molecule has 0 unspecified atom stereocenters. The summed E-state index contributed by atoms with van der Waals surface area (Å²) in [7, 11) is 0. The summed E-state index contributed by atoms with van der Waals surface area (Å²) < 4.78 is 0. The van der Waals surface area contributed by atoms with Crippen LogP contribution < -0.4 is 0 Å². The van der Waals surface area contributed by atoms with Crippen molar-refractivity contribution >= 4 is 0 Å². The molecule has 34 valence electrons. The van der Waals surface area contributed by atoms with Gasteiger partial charge in [0.15, 0.2) is 0 Å². The van der Waals surface area contributed by atoms with Crippen molar-refractivity contribution in [3.8, 4) is 12.1 Å². The van der Waals surface area contributed by atoms with Crippen molar-refractivity contribution in [3.05, 3.63) is 12.8 Å². The number of hydrogen-bond acceptors (Lipinski definition) is 2. The van der Waals surface area contributed by atoms with Gasteiger partial charge in [0.05, 0.1) is 18.6 Å². The highest BCUT2D eigenvalue weighted by molar-refractivity contribution is 5.05. The van der Waals surface area contributed by atoms with E-state index >= 15 is 0 Å². The Kier molecular flexibility index (Phi) is 4.25. The van der Waals surface area contributed by atoms with E-state index in [9.17, 15) is 0 Å². The van der Waals surface area contributed by atoms with Gasteiger partial charge in [0.2, 0.25) is 0 Å². The summed E-state index contributed by atoms with van der Waals surface area (Å²) >= 11 is 0. The highest BCUT2D eigenvalue weighted by Crippen LogP contribution is 1.85. The summed E-state index contributed by atoms with van der Waals surface area (Å²) in [5.74, 6) is 0. The summed E-state index contributed by atoms with van der Waals surface area (Å²) in [5, 5.41) is 15.7. The Balaban J connectivity index is 2.77. The zero-order valence-corrected chi connectivity index (χ0v) is 3.76. The van der Waals surface area contributed by atoms with Crippen molar-refractivity contribution in [2.75, 3.05) is 0 Å². The number of hydrogen-bond donors (Lipinski definition) is 0. The van der Waals surface area contributed by atoms with Gasteiger partial charge in [0, 0.05) is 6.42 Å². The molecular weight excluding hydrogens is 88.1 g/mol. The third kappa shape index (κ3) is 4.98. The normalized spacial score (nSPS) is 6.57. The Morgan fingerprint density at radius 2 is 2.14 bits per heavy atom. The molecule has 0 aromatic rings. The SMILES string of the molecule is N#C[CH][CH]CC#N. The van der Waals surface area contributed by atoms with E-state index in [1.807, 2.05) is 6.07 Å². The molecular formula is C5H4N2. The van der Waals surface area contributed by atoms with E-state index in [0.29, 0.717) is 6.42 Å². The van der Waals surface area contributed by atoms with Crippen molar-refractivity contribution < 1.29 is 0 Å². The molecule has 0 saturated heterocycles. The molecule has 2 heteroatoms. The second kappa shape index (κ2) is 4.98. The van der Waals surface area contributed by atoms with E-state index in [1.54, 1.807) is 6.07 Å². The summed E-state index contributed by atoms with van der Waals surface area (Å²) in [6.07, 6.45) is 3.14. The molecule has 0 amide bonds. The molecule has 0 aromatic carbocycles. The first-order chi connectivity index (χ1) is 3.41. The lowest BCUT2D eigenvalue weighted by Crippen LogP contribution is -1.69. The van der Waals surface area contributed by atoms with Crippen LogP contribution in [0, 0.1) is 35.5 Å². The summed E-state index contributed by atoms with van der Waals surface area (Å²) in [6.45, 7) is 0. The highest BCUT2D eigenvalue weighted by Gasteiger charge is 1.80. The topological polar surface area (TPSA) is 47.6 Å². The molecule has 0 aliphatic heterocycles. The van der Waals surface area contributed by atoms with Gasteiger partial charge < -0.3 is 0 Å². The molecule has 0 aliphatic rings. The molecule has 0 spiro atoms. The Hall–Kier alpha value is -1.02. The average molecular weight is 92.1 g/mol. The van der Waals surface area contributed by atoms with Crippen LogP contribution in [-0.4, -0.2) is 0 Å². The molecule has 0 N–H and O–H groups in total. The van der Waals surface area contributed by atoms with Crippen molar-refractivity contribution in [2.45, 2.75) is 6.42 Å². The maximum atomic E-state index is 7.88. The largest absolute Gasteiger partial charge is 0.198 e. The van der Waals surface area contributed by atoms with Crippen LogP contribution in [0.1, 0.15) is 6.42 Å². The summed E-state index contributed by atoms with van der Waals surface area (Å²) in [5.41, 5.74) is 0. The Labute approximate surface area is 43.0 Å². The van der Waals surface area contributed by atoms with Crippen LogP contribution in [0.4, 0.5) is 0 Å². The number of unbranched alkanes of at least 4 members (excludes halogenated alkanes) is 2. The van der Waals surface area contributed by atoms with Gasteiger partial charge in [0.25, 0.3) is 0 Å². The maximum absolute atomic E-state index is 7.88. The fraction of sp³-hybridized carbons (Fsp3) is 0.200. The van der Waals surface area contributed by atoms with Crippen LogP contribution in [0.15, 0.2) is 0 Å². The monoisotopic (exact) mass is 92.0 g/mol. The Morgan fingerprint density at radius 3 is 2.57 bits per heavy atom. The van der Waals surface area contributed by atoms with Crippen molar-refractivity contribution in [2.24, 2.45) is 0 Å². The van der Waals surface area contributed by atoms with Gasteiger partial charge >= 0.3 is 0 Å². The first kappa shape index (κ1) is 5.98. The van der Waals surface area contributed by atoms with E-state index in [-0.39, 0.29) is 0 Å². The maximum Gasteiger partial charge on any atom is 0.0673 e. The van der Waals surface area contributed by atoms with Crippen LogP contribution in [0.2, 0.25) is 0 Å². The van der Waals surface area contributed by atoms with Gasteiger partial charge in [-0.25, -0.2) is 0 Å². The lowest BCUT2D eigenvalue weighted by molar-refractivity contribution is 1.24. The van der Waals surface area contributed by atoms with Crippen molar-refractivity contribution in [1.29, 1.82) is 10.5 Å². The molecule has 0 fully saturated rings. The molecule has 0 heterocycles. The molecule has 0 rings (SSSR count).